The monoisotopic (exact) mass is 334 g/mol. The lowest BCUT2D eigenvalue weighted by Gasteiger charge is -2.14. The maximum atomic E-state index is 12.4. The highest BCUT2D eigenvalue weighted by Crippen LogP contribution is 2.35. The number of carbonyl (C=O) groups excluding carboxylic acids is 1. The van der Waals surface area contributed by atoms with Crippen molar-refractivity contribution in [2.45, 2.75) is 20.8 Å². The predicted molar refractivity (Wildman–Crippen MR) is 95.2 cm³/mol. The number of nitriles is 1. The minimum atomic E-state index is -0.502. The number of nitrogens with two attached hydrogens (primary N) is 1. The largest absolute Gasteiger partial charge is 0.462 e. The maximum absolute atomic E-state index is 12.4. The van der Waals surface area contributed by atoms with Crippen LogP contribution >= 0.6 is 0 Å². The number of hydrogen-bond donors (Lipinski definition) is 1. The van der Waals surface area contributed by atoms with E-state index < -0.39 is 5.97 Å². The Morgan fingerprint density at radius 2 is 2.00 bits per heavy atom. The summed E-state index contributed by atoms with van der Waals surface area (Å²) in [4.78, 5) is 12.4. The van der Waals surface area contributed by atoms with E-state index in [-0.39, 0.29) is 12.2 Å². The van der Waals surface area contributed by atoms with E-state index in [1.165, 1.54) is 4.52 Å². The molecule has 0 radical (unpaired) electrons. The van der Waals surface area contributed by atoms with Crippen molar-refractivity contribution in [2.24, 2.45) is 0 Å². The second kappa shape index (κ2) is 6.29. The van der Waals surface area contributed by atoms with Crippen molar-refractivity contribution in [1.82, 2.24) is 9.61 Å². The molecule has 126 valence electrons. The predicted octanol–water partition coefficient (Wildman–Crippen LogP) is 3.25. The van der Waals surface area contributed by atoms with Gasteiger partial charge in [-0.15, -0.1) is 0 Å². The fourth-order valence-corrected chi connectivity index (χ4v) is 3.09. The maximum Gasteiger partial charge on any atom is 0.342 e. The summed E-state index contributed by atoms with van der Waals surface area (Å²) in [6, 6.07) is 11.8. The van der Waals surface area contributed by atoms with Crippen LogP contribution in [-0.2, 0) is 4.74 Å². The van der Waals surface area contributed by atoms with Crippen LogP contribution in [0.15, 0.2) is 30.3 Å². The Morgan fingerprint density at radius 3 is 2.60 bits per heavy atom. The molecule has 6 heteroatoms. The minimum absolute atomic E-state index is 0.244. The van der Waals surface area contributed by atoms with Crippen molar-refractivity contribution >= 4 is 17.3 Å². The Hall–Kier alpha value is -3.33. The summed E-state index contributed by atoms with van der Waals surface area (Å²) in [7, 11) is 0. The molecule has 0 spiro atoms. The first kappa shape index (κ1) is 16.5. The lowest BCUT2D eigenvalue weighted by Crippen LogP contribution is -2.09. The van der Waals surface area contributed by atoms with E-state index in [9.17, 15) is 10.1 Å². The van der Waals surface area contributed by atoms with E-state index in [4.69, 9.17) is 10.5 Å². The van der Waals surface area contributed by atoms with Gasteiger partial charge < -0.3 is 10.5 Å². The Labute approximate surface area is 145 Å². The van der Waals surface area contributed by atoms with Gasteiger partial charge in [0.1, 0.15) is 23.0 Å². The van der Waals surface area contributed by atoms with Crippen LogP contribution in [0.2, 0.25) is 0 Å². The molecule has 0 unspecified atom stereocenters. The molecule has 0 amide bonds. The summed E-state index contributed by atoms with van der Waals surface area (Å²) < 4.78 is 6.59. The first-order chi connectivity index (χ1) is 12.0. The van der Waals surface area contributed by atoms with Gasteiger partial charge in [-0.05, 0) is 31.9 Å². The number of benzene rings is 1. The smallest absolute Gasteiger partial charge is 0.342 e. The first-order valence-corrected chi connectivity index (χ1v) is 7.95. The number of pyridine rings is 1. The Bertz CT molecular complexity index is 1010. The number of nitrogen functional groups attached to an aromatic ring is 1. The molecule has 2 aromatic heterocycles. The van der Waals surface area contributed by atoms with E-state index in [1.807, 2.05) is 37.3 Å². The zero-order chi connectivity index (χ0) is 18.1. The molecule has 6 nitrogen and oxygen atoms in total. The second-order valence-corrected chi connectivity index (χ2v) is 5.68. The highest BCUT2D eigenvalue weighted by atomic mass is 16.5. The zero-order valence-corrected chi connectivity index (χ0v) is 14.3. The quantitative estimate of drug-likeness (QED) is 0.742. The molecule has 0 bridgehead atoms. The van der Waals surface area contributed by atoms with Gasteiger partial charge in [0, 0.05) is 5.56 Å². The van der Waals surface area contributed by atoms with E-state index >= 15 is 0 Å². The summed E-state index contributed by atoms with van der Waals surface area (Å²) in [5, 5.41) is 14.1. The molecule has 3 aromatic rings. The minimum Gasteiger partial charge on any atom is -0.462 e. The standard InChI is InChI=1S/C19H18N4O2/c1-4-25-19(24)16-12(3)22-23-17(16)14(10-20)11(2)15(18(23)21)13-8-6-5-7-9-13/h5-9H,4,21H2,1-3H3. The molecular weight excluding hydrogens is 316 g/mol. The van der Waals surface area contributed by atoms with Gasteiger partial charge >= 0.3 is 5.97 Å². The van der Waals surface area contributed by atoms with Crippen LogP contribution in [0.1, 0.15) is 34.1 Å². The molecular formula is C19H18N4O2. The SMILES string of the molecule is CCOC(=O)c1c(C)nn2c(N)c(-c3ccccc3)c(C)c(C#N)c12. The number of rotatable bonds is 3. The van der Waals surface area contributed by atoms with Crippen molar-refractivity contribution in [3.05, 3.63) is 52.7 Å². The van der Waals surface area contributed by atoms with Crippen molar-refractivity contribution in [3.63, 3.8) is 0 Å². The van der Waals surface area contributed by atoms with Crippen LogP contribution in [0.5, 0.6) is 0 Å². The van der Waals surface area contributed by atoms with Crippen LogP contribution in [0.4, 0.5) is 5.82 Å². The van der Waals surface area contributed by atoms with E-state index in [0.29, 0.717) is 28.2 Å². The molecule has 0 fully saturated rings. The third-order valence-electron chi connectivity index (χ3n) is 4.19. The van der Waals surface area contributed by atoms with Crippen molar-refractivity contribution in [1.29, 1.82) is 5.26 Å². The van der Waals surface area contributed by atoms with Crippen molar-refractivity contribution in [2.75, 3.05) is 12.3 Å². The summed E-state index contributed by atoms with van der Waals surface area (Å²) >= 11 is 0. The number of esters is 1. The molecule has 0 saturated heterocycles. The fourth-order valence-electron chi connectivity index (χ4n) is 3.09. The van der Waals surface area contributed by atoms with Crippen LogP contribution in [0.3, 0.4) is 0 Å². The molecule has 2 heterocycles. The molecule has 0 aliphatic rings. The van der Waals surface area contributed by atoms with Gasteiger partial charge in [0.2, 0.25) is 0 Å². The zero-order valence-electron chi connectivity index (χ0n) is 14.3. The average Bonchev–Trinajstić information content (AvgIpc) is 2.94. The normalized spacial score (nSPS) is 10.6. The van der Waals surface area contributed by atoms with Crippen LogP contribution < -0.4 is 5.73 Å². The third-order valence-corrected chi connectivity index (χ3v) is 4.19. The summed E-state index contributed by atoms with van der Waals surface area (Å²) in [5.41, 5.74) is 10.2. The average molecular weight is 334 g/mol. The number of hydrogen-bond acceptors (Lipinski definition) is 5. The van der Waals surface area contributed by atoms with Gasteiger partial charge in [-0.3, -0.25) is 0 Å². The highest BCUT2D eigenvalue weighted by Gasteiger charge is 2.26. The first-order valence-electron chi connectivity index (χ1n) is 7.95. The van der Waals surface area contributed by atoms with Gasteiger partial charge in [0.05, 0.1) is 17.9 Å². The number of nitrogens with zero attached hydrogens (tertiary/aromatic N) is 3. The van der Waals surface area contributed by atoms with Crippen LogP contribution in [0.25, 0.3) is 16.6 Å². The fraction of sp³-hybridized carbons (Fsp3) is 0.211. The molecule has 3 rings (SSSR count). The van der Waals surface area contributed by atoms with Crippen molar-refractivity contribution in [3.8, 4) is 17.2 Å². The number of aromatic nitrogens is 2. The van der Waals surface area contributed by atoms with Gasteiger partial charge in [0.25, 0.3) is 0 Å². The molecule has 0 atom stereocenters. The van der Waals surface area contributed by atoms with Gasteiger partial charge in [-0.25, -0.2) is 9.31 Å². The van der Waals surface area contributed by atoms with E-state index in [0.717, 1.165) is 11.1 Å². The molecule has 1 aromatic carbocycles. The molecule has 25 heavy (non-hydrogen) atoms. The number of fused-ring (bicyclic) bond motifs is 1. The van der Waals surface area contributed by atoms with Gasteiger partial charge in [-0.1, -0.05) is 30.3 Å². The molecule has 0 saturated carbocycles. The Kier molecular flexibility index (Phi) is 4.15. The van der Waals surface area contributed by atoms with Gasteiger partial charge in [-0.2, -0.15) is 10.4 Å². The number of aryl methyl sites for hydroxylation is 1. The molecule has 0 aliphatic heterocycles. The number of anilines is 1. The number of carbonyl (C=O) groups is 1. The van der Waals surface area contributed by atoms with Crippen LogP contribution in [-0.4, -0.2) is 22.2 Å². The Morgan fingerprint density at radius 1 is 1.32 bits per heavy atom. The van der Waals surface area contributed by atoms with Crippen molar-refractivity contribution < 1.29 is 9.53 Å². The second-order valence-electron chi connectivity index (χ2n) is 5.68. The lowest BCUT2D eigenvalue weighted by molar-refractivity contribution is 0.0528. The summed E-state index contributed by atoms with van der Waals surface area (Å²) in [6.07, 6.45) is 0. The number of ether oxygens (including phenoxy) is 1. The van der Waals surface area contributed by atoms with Gasteiger partial charge in [0.15, 0.2) is 0 Å². The highest BCUT2D eigenvalue weighted by molar-refractivity contribution is 6.01. The Balaban J connectivity index is 2.43. The third kappa shape index (κ3) is 2.50. The summed E-state index contributed by atoms with van der Waals surface area (Å²) in [6.45, 7) is 5.51. The van der Waals surface area contributed by atoms with Crippen LogP contribution in [0, 0.1) is 25.2 Å². The van der Waals surface area contributed by atoms with E-state index in [1.54, 1.807) is 13.8 Å². The topological polar surface area (TPSA) is 93.4 Å². The summed E-state index contributed by atoms with van der Waals surface area (Å²) in [5.74, 6) is -0.117. The lowest BCUT2D eigenvalue weighted by atomic mass is 9.96. The van der Waals surface area contributed by atoms with E-state index in [2.05, 4.69) is 11.2 Å². The molecule has 2 N–H and O–H groups in total. The molecule has 0 aliphatic carbocycles.